The van der Waals surface area contributed by atoms with Crippen LogP contribution in [0.25, 0.3) is 22.3 Å². The second kappa shape index (κ2) is 23.3. The van der Waals surface area contributed by atoms with Gasteiger partial charge in [-0.1, -0.05) is 65.9 Å². The summed E-state index contributed by atoms with van der Waals surface area (Å²) in [5.41, 5.74) is 5.49. The number of nitro groups is 1. The number of carbonyl (C=O) groups is 1. The van der Waals surface area contributed by atoms with Gasteiger partial charge >= 0.3 is 0 Å². The first kappa shape index (κ1) is 49.8. The second-order valence-electron chi connectivity index (χ2n) is 17.1. The molecule has 0 radical (unpaired) electrons. The van der Waals surface area contributed by atoms with Crippen molar-refractivity contribution >= 4 is 56.4 Å². The van der Waals surface area contributed by atoms with Crippen molar-refractivity contribution in [2.75, 3.05) is 82.7 Å². The molecule has 16 heteroatoms. The zero-order valence-electron chi connectivity index (χ0n) is 38.7. The summed E-state index contributed by atoms with van der Waals surface area (Å²) in [5.74, 6) is 6.91. The lowest BCUT2D eigenvalue weighted by atomic mass is 9.95. The van der Waals surface area contributed by atoms with Crippen molar-refractivity contribution < 1.29 is 18.1 Å². The van der Waals surface area contributed by atoms with E-state index in [1.807, 2.05) is 111 Å². The van der Waals surface area contributed by atoms with Gasteiger partial charge in [0.05, 0.1) is 9.82 Å². The maximum Gasteiger partial charge on any atom is 0.293 e. The number of nitrogens with one attached hydrogen (secondary N) is 3. The van der Waals surface area contributed by atoms with E-state index in [-0.39, 0.29) is 33.9 Å². The standard InChI is InChI=1S/C52H57ClN8O5S2/c1-57(2)29-26-44(37-67-45-12-6-5-7-13-45)55-48-25-24-46(35-49(48)61(63)64)68(65,66)56-43-22-16-38(17-23-43)14-15-39-10-8-11-41(34-39)50-47(40-18-20-42(53)21-19-40)36-59(4)51(50)52(62)54-27-9-28-60-32-30-58(3)31-33-60/h5-8,10-13,16-25,34-36,44,55-56H,9,26-33,37H2,1-4H3,(H,54,62). The van der Waals surface area contributed by atoms with E-state index in [1.54, 1.807) is 36.0 Å². The molecule has 2 heterocycles. The lowest BCUT2D eigenvalue weighted by Gasteiger charge is -2.32. The molecule has 1 fully saturated rings. The van der Waals surface area contributed by atoms with Crippen molar-refractivity contribution in [2.24, 2.45) is 7.05 Å². The summed E-state index contributed by atoms with van der Waals surface area (Å²) < 4.78 is 31.6. The van der Waals surface area contributed by atoms with E-state index in [9.17, 15) is 23.3 Å². The topological polar surface area (TPSA) is 145 Å². The van der Waals surface area contributed by atoms with Gasteiger partial charge in [0.1, 0.15) is 11.4 Å². The number of thioether (sulfide) groups is 1. The van der Waals surface area contributed by atoms with Crippen LogP contribution >= 0.6 is 23.4 Å². The van der Waals surface area contributed by atoms with Crippen molar-refractivity contribution in [3.05, 3.63) is 159 Å². The molecule has 1 aliphatic heterocycles. The Balaban J connectivity index is 1.05. The minimum absolute atomic E-state index is 0.123. The Morgan fingerprint density at radius 1 is 0.868 bits per heavy atom. The molecule has 68 heavy (non-hydrogen) atoms. The summed E-state index contributed by atoms with van der Waals surface area (Å²) in [6.45, 7) is 6.40. The van der Waals surface area contributed by atoms with Crippen LogP contribution in [0.2, 0.25) is 5.02 Å². The summed E-state index contributed by atoms with van der Waals surface area (Å²) in [5, 5.41) is 19.4. The number of aromatic nitrogens is 1. The van der Waals surface area contributed by atoms with Crippen LogP contribution in [0, 0.1) is 22.0 Å². The van der Waals surface area contributed by atoms with Crippen molar-refractivity contribution in [1.82, 2.24) is 24.6 Å². The summed E-state index contributed by atoms with van der Waals surface area (Å²) in [4.78, 5) is 33.4. The number of piperazine rings is 1. The third kappa shape index (κ3) is 13.5. The number of carbonyl (C=O) groups excluding carboxylic acids is 1. The normalized spacial score (nSPS) is 13.7. The maximum absolute atomic E-state index is 14.0. The highest BCUT2D eigenvalue weighted by Gasteiger charge is 2.25. The molecular weight excluding hydrogens is 916 g/mol. The zero-order chi connectivity index (χ0) is 48.2. The molecule has 1 saturated heterocycles. The van der Waals surface area contributed by atoms with E-state index in [1.165, 1.54) is 12.1 Å². The molecular formula is C52H57ClN8O5S2. The Hall–Kier alpha value is -6.12. The van der Waals surface area contributed by atoms with Gasteiger partial charge in [0.2, 0.25) is 0 Å². The van der Waals surface area contributed by atoms with E-state index in [0.717, 1.165) is 90.9 Å². The van der Waals surface area contributed by atoms with Gasteiger partial charge in [-0.05, 0) is 131 Å². The molecule has 7 rings (SSSR count). The predicted octanol–water partition coefficient (Wildman–Crippen LogP) is 9.01. The molecule has 1 atom stereocenters. The molecule has 1 aromatic heterocycles. The number of amides is 1. The SMILES string of the molecule is CN(C)CCC(CSc1ccccc1)Nc1ccc(S(=O)(=O)Nc2ccc(C#Cc3cccc(-c4c(-c5ccc(Cl)cc5)cn(C)c4C(=O)NCCCN4CCN(C)CC4)c3)cc2)cc1[N+](=O)[O-]. The lowest BCUT2D eigenvalue weighted by molar-refractivity contribution is -0.384. The number of halogens is 1. The number of nitro benzene ring substituents is 1. The smallest absolute Gasteiger partial charge is 0.293 e. The third-order valence-corrected chi connectivity index (χ3v) is 14.5. The number of hydrogen-bond donors (Lipinski definition) is 3. The largest absolute Gasteiger partial charge is 0.376 e. The van der Waals surface area contributed by atoms with E-state index in [4.69, 9.17) is 11.6 Å². The second-order valence-corrected chi connectivity index (χ2v) is 20.4. The Morgan fingerprint density at radius 2 is 1.59 bits per heavy atom. The van der Waals surface area contributed by atoms with Gasteiger partial charge in [-0.3, -0.25) is 19.6 Å². The van der Waals surface area contributed by atoms with Gasteiger partial charge in [0.15, 0.2) is 0 Å². The van der Waals surface area contributed by atoms with Crippen LogP contribution in [0.3, 0.4) is 0 Å². The van der Waals surface area contributed by atoms with Crippen molar-refractivity contribution in [1.29, 1.82) is 0 Å². The van der Waals surface area contributed by atoms with E-state index in [2.05, 4.69) is 48.9 Å². The average Bonchev–Trinajstić information content (AvgIpc) is 3.68. The van der Waals surface area contributed by atoms with E-state index < -0.39 is 14.9 Å². The molecule has 354 valence electrons. The number of nitrogens with zero attached hydrogens (tertiary/aromatic N) is 5. The van der Waals surface area contributed by atoms with Gasteiger partial charge in [-0.25, -0.2) is 8.42 Å². The fraction of sp³-hybridized carbons (Fsp3) is 0.288. The molecule has 1 unspecified atom stereocenters. The molecule has 0 saturated carbocycles. The fourth-order valence-electron chi connectivity index (χ4n) is 7.93. The summed E-state index contributed by atoms with van der Waals surface area (Å²) in [6, 6.07) is 35.6. The van der Waals surface area contributed by atoms with Crippen LogP contribution in [0.5, 0.6) is 0 Å². The number of hydrogen-bond acceptors (Lipinski definition) is 10. The minimum atomic E-state index is -4.20. The van der Waals surface area contributed by atoms with Crippen LogP contribution in [0.1, 0.15) is 34.5 Å². The molecule has 0 bridgehead atoms. The molecule has 0 aliphatic carbocycles. The monoisotopic (exact) mass is 972 g/mol. The van der Waals surface area contributed by atoms with Gasteiger partial charge in [0, 0.05) is 102 Å². The Labute approximate surface area is 409 Å². The molecule has 5 aromatic carbocycles. The zero-order valence-corrected chi connectivity index (χ0v) is 41.1. The quantitative estimate of drug-likeness (QED) is 0.0237. The Bertz CT molecular complexity index is 2860. The first-order valence-electron chi connectivity index (χ1n) is 22.5. The first-order valence-corrected chi connectivity index (χ1v) is 25.3. The number of sulfonamides is 1. The van der Waals surface area contributed by atoms with Gasteiger partial charge < -0.3 is 29.9 Å². The fourth-order valence-corrected chi connectivity index (χ4v) is 10.1. The number of anilines is 2. The summed E-state index contributed by atoms with van der Waals surface area (Å²) in [7, 11) is 3.77. The van der Waals surface area contributed by atoms with Crippen molar-refractivity contribution in [2.45, 2.75) is 28.7 Å². The highest BCUT2D eigenvalue weighted by atomic mass is 35.5. The molecule has 1 amide bonds. The lowest BCUT2D eigenvalue weighted by Crippen LogP contribution is -2.45. The van der Waals surface area contributed by atoms with Crippen LogP contribution in [0.15, 0.2) is 137 Å². The minimum Gasteiger partial charge on any atom is -0.376 e. The first-order chi connectivity index (χ1) is 32.7. The van der Waals surface area contributed by atoms with Gasteiger partial charge in [0.25, 0.3) is 21.6 Å². The van der Waals surface area contributed by atoms with Gasteiger partial charge in [-0.15, -0.1) is 11.8 Å². The Kier molecular flexibility index (Phi) is 17.0. The molecule has 0 spiro atoms. The van der Waals surface area contributed by atoms with Crippen molar-refractivity contribution in [3.63, 3.8) is 0 Å². The van der Waals surface area contributed by atoms with Crippen LogP contribution in [0.4, 0.5) is 17.1 Å². The average molecular weight is 974 g/mol. The van der Waals surface area contributed by atoms with Crippen molar-refractivity contribution in [3.8, 4) is 34.1 Å². The summed E-state index contributed by atoms with van der Waals surface area (Å²) in [6.07, 6.45) is 3.54. The number of likely N-dealkylation sites (N-methyl/N-ethyl adjacent to an activating group) is 1. The van der Waals surface area contributed by atoms with Crippen LogP contribution in [-0.2, 0) is 17.1 Å². The number of rotatable bonds is 19. The maximum atomic E-state index is 14.0. The third-order valence-electron chi connectivity index (χ3n) is 11.7. The van der Waals surface area contributed by atoms with Crippen LogP contribution in [-0.4, -0.2) is 117 Å². The summed E-state index contributed by atoms with van der Waals surface area (Å²) >= 11 is 7.92. The van der Waals surface area contributed by atoms with Gasteiger partial charge in [-0.2, -0.15) is 0 Å². The van der Waals surface area contributed by atoms with E-state index in [0.29, 0.717) is 28.6 Å². The number of benzene rings is 5. The molecule has 3 N–H and O–H groups in total. The molecule has 13 nitrogen and oxygen atoms in total. The predicted molar refractivity (Wildman–Crippen MR) is 276 cm³/mol. The highest BCUT2D eigenvalue weighted by molar-refractivity contribution is 7.99. The van der Waals surface area contributed by atoms with Crippen LogP contribution < -0.4 is 15.4 Å². The van der Waals surface area contributed by atoms with E-state index >= 15 is 0 Å². The number of aryl methyl sites for hydroxylation is 1. The molecule has 6 aromatic rings. The molecule has 1 aliphatic rings. The highest BCUT2D eigenvalue weighted by Crippen LogP contribution is 2.38. The Morgan fingerprint density at radius 3 is 2.29 bits per heavy atom.